The van der Waals surface area contributed by atoms with Gasteiger partial charge in [0.2, 0.25) is 5.91 Å². The Kier molecular flexibility index (Phi) is 6.19. The van der Waals surface area contributed by atoms with Gasteiger partial charge in [-0.2, -0.15) is 5.10 Å². The van der Waals surface area contributed by atoms with Crippen molar-refractivity contribution in [3.63, 3.8) is 0 Å². The van der Waals surface area contributed by atoms with Crippen LogP contribution in [0.2, 0.25) is 0 Å². The van der Waals surface area contributed by atoms with Crippen LogP contribution in [0, 0.1) is 34.6 Å². The molecule has 4 rings (SSSR count). The molecule has 0 fully saturated rings. The molecule has 0 spiro atoms. The van der Waals surface area contributed by atoms with E-state index in [4.69, 9.17) is 0 Å². The molecule has 0 atom stereocenters. The predicted octanol–water partition coefficient (Wildman–Crippen LogP) is 5.33. The zero-order valence-electron chi connectivity index (χ0n) is 19.0. The number of hydrogen-bond acceptors (Lipinski definition) is 4. The van der Waals surface area contributed by atoms with Crippen LogP contribution in [-0.2, 0) is 4.79 Å². The molecule has 0 saturated carbocycles. The summed E-state index contributed by atoms with van der Waals surface area (Å²) in [6.07, 6.45) is 3.70. The quantitative estimate of drug-likeness (QED) is 0.407. The maximum absolute atomic E-state index is 12.8. The standard InChI is InChI=1S/C25H27N5OS/c1-16-7-10-21(11-8-16)30-20(5)24(19(4)28-30)27-23(31)15-32-25-26-12-13-29(25)22-14-17(2)6-9-18(22)3/h6-14H,15H2,1-5H3,(H,27,31). The molecule has 6 nitrogen and oxygen atoms in total. The van der Waals surface area contributed by atoms with E-state index in [1.165, 1.54) is 22.9 Å². The number of hydrogen-bond donors (Lipinski definition) is 1. The summed E-state index contributed by atoms with van der Waals surface area (Å²) in [6, 6.07) is 14.5. The van der Waals surface area contributed by atoms with Crippen molar-refractivity contribution in [1.82, 2.24) is 19.3 Å². The Morgan fingerprint density at radius 2 is 1.72 bits per heavy atom. The van der Waals surface area contributed by atoms with Gasteiger partial charge < -0.3 is 5.32 Å². The van der Waals surface area contributed by atoms with Crippen molar-refractivity contribution in [3.05, 3.63) is 82.9 Å². The van der Waals surface area contributed by atoms with Crippen LogP contribution in [0.25, 0.3) is 11.4 Å². The fourth-order valence-corrected chi connectivity index (χ4v) is 4.39. The van der Waals surface area contributed by atoms with Crippen molar-refractivity contribution in [3.8, 4) is 11.4 Å². The summed E-state index contributed by atoms with van der Waals surface area (Å²) in [5, 5.41) is 8.46. The highest BCUT2D eigenvalue weighted by Gasteiger charge is 2.16. The van der Waals surface area contributed by atoms with E-state index in [2.05, 4.69) is 66.5 Å². The van der Waals surface area contributed by atoms with E-state index in [1.54, 1.807) is 6.20 Å². The van der Waals surface area contributed by atoms with Gasteiger partial charge >= 0.3 is 0 Å². The van der Waals surface area contributed by atoms with Gasteiger partial charge in [0.05, 0.1) is 34.2 Å². The minimum atomic E-state index is -0.0832. The summed E-state index contributed by atoms with van der Waals surface area (Å²) < 4.78 is 3.90. The first kappa shape index (κ1) is 21.9. The number of thioether (sulfide) groups is 1. The minimum absolute atomic E-state index is 0.0832. The molecule has 0 aliphatic carbocycles. The fourth-order valence-electron chi connectivity index (χ4n) is 3.63. The van der Waals surface area contributed by atoms with E-state index < -0.39 is 0 Å². The minimum Gasteiger partial charge on any atom is -0.322 e. The van der Waals surface area contributed by atoms with Gasteiger partial charge in [0.15, 0.2) is 5.16 Å². The Balaban J connectivity index is 1.48. The van der Waals surface area contributed by atoms with Gasteiger partial charge in [-0.05, 0) is 63.9 Å². The second-order valence-electron chi connectivity index (χ2n) is 8.00. The summed E-state index contributed by atoms with van der Waals surface area (Å²) in [6.45, 7) is 10.1. The van der Waals surface area contributed by atoms with E-state index in [9.17, 15) is 4.79 Å². The van der Waals surface area contributed by atoms with Crippen LogP contribution >= 0.6 is 11.8 Å². The molecular weight excluding hydrogens is 418 g/mol. The molecule has 0 radical (unpaired) electrons. The zero-order chi connectivity index (χ0) is 22.8. The van der Waals surface area contributed by atoms with E-state index in [-0.39, 0.29) is 11.7 Å². The van der Waals surface area contributed by atoms with Gasteiger partial charge in [0.25, 0.3) is 0 Å². The highest BCUT2D eigenvalue weighted by Crippen LogP contribution is 2.26. The molecule has 1 amide bonds. The lowest BCUT2D eigenvalue weighted by molar-refractivity contribution is -0.113. The van der Waals surface area contributed by atoms with Gasteiger partial charge in [-0.25, -0.2) is 9.67 Å². The molecule has 0 bridgehead atoms. The van der Waals surface area contributed by atoms with Crippen molar-refractivity contribution in [1.29, 1.82) is 0 Å². The molecule has 0 aliphatic heterocycles. The number of imidazole rings is 1. The second-order valence-corrected chi connectivity index (χ2v) is 8.94. The number of benzene rings is 2. The number of aromatic nitrogens is 4. The third kappa shape index (κ3) is 4.48. The first-order chi connectivity index (χ1) is 15.3. The van der Waals surface area contributed by atoms with Crippen molar-refractivity contribution in [2.75, 3.05) is 11.1 Å². The molecule has 0 aliphatic rings. The topological polar surface area (TPSA) is 64.7 Å². The Morgan fingerprint density at radius 1 is 1.00 bits per heavy atom. The molecule has 0 saturated heterocycles. The molecule has 2 heterocycles. The van der Waals surface area contributed by atoms with Crippen molar-refractivity contribution >= 4 is 23.4 Å². The van der Waals surface area contributed by atoms with Gasteiger partial charge in [-0.1, -0.05) is 41.6 Å². The maximum Gasteiger partial charge on any atom is 0.234 e. The van der Waals surface area contributed by atoms with Crippen molar-refractivity contribution in [2.24, 2.45) is 0 Å². The third-order valence-corrected chi connectivity index (χ3v) is 6.36. The average molecular weight is 446 g/mol. The Labute approximate surface area is 192 Å². The Morgan fingerprint density at radius 3 is 2.47 bits per heavy atom. The number of anilines is 1. The number of carbonyl (C=O) groups excluding carboxylic acids is 1. The van der Waals surface area contributed by atoms with Gasteiger partial charge in [0.1, 0.15) is 0 Å². The molecule has 1 N–H and O–H groups in total. The van der Waals surface area contributed by atoms with Crippen molar-refractivity contribution in [2.45, 2.75) is 39.8 Å². The van der Waals surface area contributed by atoms with Crippen LogP contribution in [0.4, 0.5) is 5.69 Å². The zero-order valence-corrected chi connectivity index (χ0v) is 19.8. The molecule has 4 aromatic rings. The number of carbonyl (C=O) groups is 1. The van der Waals surface area contributed by atoms with Gasteiger partial charge in [-0.15, -0.1) is 0 Å². The van der Waals surface area contributed by atoms with E-state index in [0.717, 1.165) is 39.2 Å². The van der Waals surface area contributed by atoms with Crippen molar-refractivity contribution < 1.29 is 4.79 Å². The first-order valence-corrected chi connectivity index (χ1v) is 11.5. The van der Waals surface area contributed by atoms with Gasteiger partial charge in [0, 0.05) is 12.4 Å². The highest BCUT2D eigenvalue weighted by atomic mass is 32.2. The summed E-state index contributed by atoms with van der Waals surface area (Å²) >= 11 is 1.42. The third-order valence-electron chi connectivity index (χ3n) is 5.40. The number of nitrogens with one attached hydrogen (secondary N) is 1. The van der Waals surface area contributed by atoms with E-state index in [1.807, 2.05) is 41.4 Å². The Hall–Kier alpha value is -3.32. The van der Waals surface area contributed by atoms with Crippen LogP contribution in [0.15, 0.2) is 60.0 Å². The predicted molar refractivity (Wildman–Crippen MR) is 130 cm³/mol. The van der Waals surface area contributed by atoms with Crippen LogP contribution < -0.4 is 5.32 Å². The lowest BCUT2D eigenvalue weighted by atomic mass is 10.1. The van der Waals surface area contributed by atoms with Crippen LogP contribution in [0.1, 0.15) is 28.1 Å². The summed E-state index contributed by atoms with van der Waals surface area (Å²) in [5.74, 6) is 0.177. The number of amides is 1. The molecule has 164 valence electrons. The monoisotopic (exact) mass is 445 g/mol. The van der Waals surface area contributed by atoms with Crippen LogP contribution in [0.3, 0.4) is 0 Å². The lowest BCUT2D eigenvalue weighted by Crippen LogP contribution is -2.15. The SMILES string of the molecule is Cc1ccc(-n2nc(C)c(NC(=O)CSc3nccn3-c3cc(C)ccc3C)c2C)cc1. The normalized spacial score (nSPS) is 11.0. The molecule has 2 aromatic carbocycles. The fraction of sp³-hybridized carbons (Fsp3) is 0.240. The number of aryl methyl sites for hydroxylation is 4. The van der Waals surface area contributed by atoms with Crippen LogP contribution in [0.5, 0.6) is 0 Å². The van der Waals surface area contributed by atoms with Crippen LogP contribution in [-0.4, -0.2) is 31.0 Å². The molecule has 2 aromatic heterocycles. The average Bonchev–Trinajstić information content (AvgIpc) is 3.34. The van der Waals surface area contributed by atoms with E-state index in [0.29, 0.717) is 0 Å². The summed E-state index contributed by atoms with van der Waals surface area (Å²) in [5.41, 5.74) is 8.05. The van der Waals surface area contributed by atoms with Gasteiger partial charge in [-0.3, -0.25) is 9.36 Å². The lowest BCUT2D eigenvalue weighted by Gasteiger charge is -2.11. The molecule has 32 heavy (non-hydrogen) atoms. The maximum atomic E-state index is 12.8. The summed E-state index contributed by atoms with van der Waals surface area (Å²) in [4.78, 5) is 17.2. The number of nitrogens with zero attached hydrogens (tertiary/aromatic N) is 4. The molecule has 7 heteroatoms. The largest absolute Gasteiger partial charge is 0.322 e. The summed E-state index contributed by atoms with van der Waals surface area (Å²) in [7, 11) is 0. The molecule has 0 unspecified atom stereocenters. The number of rotatable bonds is 6. The first-order valence-electron chi connectivity index (χ1n) is 10.5. The smallest absolute Gasteiger partial charge is 0.234 e. The Bertz CT molecular complexity index is 1270. The molecular formula is C25H27N5OS. The second kappa shape index (κ2) is 9.04. The highest BCUT2D eigenvalue weighted by molar-refractivity contribution is 7.99. The van der Waals surface area contributed by atoms with E-state index >= 15 is 0 Å².